The van der Waals surface area contributed by atoms with Crippen LogP contribution in [0.15, 0.2) is 42.1 Å². The lowest BCUT2D eigenvalue weighted by molar-refractivity contribution is -0.222. The molecule has 7 heteroatoms. The van der Waals surface area contributed by atoms with Crippen molar-refractivity contribution in [2.24, 2.45) is 0 Å². The van der Waals surface area contributed by atoms with Gasteiger partial charge >= 0.3 is 17.9 Å². The summed E-state index contributed by atoms with van der Waals surface area (Å²) >= 11 is 0. The zero-order valence-corrected chi connectivity index (χ0v) is 13.5. The molecule has 0 spiro atoms. The molecular weight excluding hydrogens is 314 g/mol. The monoisotopic (exact) mass is 331 g/mol. The van der Waals surface area contributed by atoms with Crippen LogP contribution in [0.3, 0.4) is 0 Å². The highest BCUT2D eigenvalue weighted by Gasteiger charge is 2.38. The summed E-state index contributed by atoms with van der Waals surface area (Å²) in [7, 11) is 1.28. The molecule has 1 aromatic rings. The molecule has 1 aromatic carbocycles. The number of cyclic esters (lactones) is 2. The minimum absolute atomic E-state index is 0.249. The quantitative estimate of drug-likeness (QED) is 0.512. The molecule has 0 amide bonds. The number of carbonyl (C=O) groups excluding carboxylic acids is 3. The van der Waals surface area contributed by atoms with Crippen molar-refractivity contribution >= 4 is 29.7 Å². The maximum Gasteiger partial charge on any atom is 0.350 e. The van der Waals surface area contributed by atoms with Crippen molar-refractivity contribution in [1.29, 1.82) is 0 Å². The zero-order valence-electron chi connectivity index (χ0n) is 13.5. The lowest BCUT2D eigenvalue weighted by Gasteiger charge is -2.29. The van der Waals surface area contributed by atoms with E-state index in [-0.39, 0.29) is 5.57 Å². The van der Waals surface area contributed by atoms with Gasteiger partial charge in [-0.25, -0.2) is 14.4 Å². The Hall–Kier alpha value is -3.09. The normalized spacial score (nSPS) is 16.4. The Kier molecular flexibility index (Phi) is 5.03. The SMILES string of the molecule is COC(=O)C=Cc1ccccc1NC=C1C(=O)OC(C)(C)OC1=O. The van der Waals surface area contributed by atoms with E-state index in [0.717, 1.165) is 0 Å². The van der Waals surface area contributed by atoms with Gasteiger partial charge in [-0.1, -0.05) is 18.2 Å². The van der Waals surface area contributed by atoms with E-state index >= 15 is 0 Å². The topological polar surface area (TPSA) is 90.9 Å². The number of ether oxygens (including phenoxy) is 3. The first kappa shape index (κ1) is 17.3. The number of benzene rings is 1. The van der Waals surface area contributed by atoms with Crippen LogP contribution in [0.25, 0.3) is 6.08 Å². The van der Waals surface area contributed by atoms with Crippen molar-refractivity contribution in [3.63, 3.8) is 0 Å². The van der Waals surface area contributed by atoms with Crippen LogP contribution in [0, 0.1) is 0 Å². The Morgan fingerprint density at radius 2 is 1.79 bits per heavy atom. The lowest BCUT2D eigenvalue weighted by atomic mass is 10.1. The van der Waals surface area contributed by atoms with Crippen LogP contribution in [0.5, 0.6) is 0 Å². The smallest absolute Gasteiger partial charge is 0.350 e. The molecule has 7 nitrogen and oxygen atoms in total. The third kappa shape index (κ3) is 4.22. The summed E-state index contributed by atoms with van der Waals surface area (Å²) in [6.45, 7) is 2.94. The molecule has 1 N–H and O–H groups in total. The summed E-state index contributed by atoms with van der Waals surface area (Å²) in [5, 5.41) is 2.85. The second-order valence-corrected chi connectivity index (χ2v) is 5.32. The lowest BCUT2D eigenvalue weighted by Crippen LogP contribution is -2.42. The number of esters is 3. The van der Waals surface area contributed by atoms with Crippen molar-refractivity contribution in [2.75, 3.05) is 12.4 Å². The van der Waals surface area contributed by atoms with Gasteiger partial charge in [-0.2, -0.15) is 0 Å². The van der Waals surface area contributed by atoms with Crippen LogP contribution >= 0.6 is 0 Å². The third-order valence-corrected chi connectivity index (χ3v) is 3.05. The molecule has 2 rings (SSSR count). The van der Waals surface area contributed by atoms with Gasteiger partial charge in [0.2, 0.25) is 0 Å². The van der Waals surface area contributed by atoms with Crippen LogP contribution < -0.4 is 5.32 Å². The fourth-order valence-electron chi connectivity index (χ4n) is 1.93. The number of hydrogen-bond acceptors (Lipinski definition) is 7. The van der Waals surface area contributed by atoms with Crippen LogP contribution in [0.1, 0.15) is 19.4 Å². The molecule has 24 heavy (non-hydrogen) atoms. The van der Waals surface area contributed by atoms with E-state index in [1.807, 2.05) is 0 Å². The summed E-state index contributed by atoms with van der Waals surface area (Å²) in [5.41, 5.74) is 0.995. The third-order valence-electron chi connectivity index (χ3n) is 3.05. The minimum Gasteiger partial charge on any atom is -0.466 e. The van der Waals surface area contributed by atoms with Gasteiger partial charge in [0.15, 0.2) is 5.57 Å². The molecule has 126 valence electrons. The van der Waals surface area contributed by atoms with Crippen LogP contribution in [-0.2, 0) is 28.6 Å². The van der Waals surface area contributed by atoms with E-state index in [1.54, 1.807) is 30.3 Å². The Morgan fingerprint density at radius 1 is 1.17 bits per heavy atom. The Morgan fingerprint density at radius 3 is 2.42 bits per heavy atom. The first-order valence-corrected chi connectivity index (χ1v) is 7.11. The molecule has 0 aromatic heterocycles. The highest BCUT2D eigenvalue weighted by Crippen LogP contribution is 2.23. The maximum atomic E-state index is 11.9. The molecule has 1 aliphatic rings. The fourth-order valence-corrected chi connectivity index (χ4v) is 1.93. The molecule has 1 fully saturated rings. The first-order chi connectivity index (χ1) is 11.3. The van der Waals surface area contributed by atoms with Crippen LogP contribution in [0.4, 0.5) is 5.69 Å². The van der Waals surface area contributed by atoms with E-state index in [9.17, 15) is 14.4 Å². The largest absolute Gasteiger partial charge is 0.466 e. The number of rotatable bonds is 4. The van der Waals surface area contributed by atoms with Gasteiger partial charge in [-0.3, -0.25) is 0 Å². The molecular formula is C17H17NO6. The number of methoxy groups -OCH3 is 1. The van der Waals surface area contributed by atoms with Crippen molar-refractivity contribution < 1.29 is 28.6 Å². The molecule has 0 radical (unpaired) electrons. The Labute approximate surface area is 138 Å². The fraction of sp³-hybridized carbons (Fsp3) is 0.235. The number of para-hydroxylation sites is 1. The summed E-state index contributed by atoms with van der Waals surface area (Å²) in [4.78, 5) is 34.9. The van der Waals surface area contributed by atoms with E-state index in [1.165, 1.54) is 33.2 Å². The standard InChI is InChI=1S/C17H17NO6/c1-17(2)23-15(20)12(16(21)24-17)10-18-13-7-5-4-6-11(13)8-9-14(19)22-3/h4-10,18H,1-3H3. The highest BCUT2D eigenvalue weighted by atomic mass is 16.7. The Bertz CT molecular complexity index is 710. The second kappa shape index (κ2) is 6.99. The van der Waals surface area contributed by atoms with Gasteiger partial charge in [0.05, 0.1) is 7.11 Å². The van der Waals surface area contributed by atoms with Crippen molar-refractivity contribution in [3.05, 3.63) is 47.7 Å². The van der Waals surface area contributed by atoms with Crippen molar-refractivity contribution in [1.82, 2.24) is 0 Å². The zero-order chi connectivity index (χ0) is 17.7. The van der Waals surface area contributed by atoms with Crippen LogP contribution in [0.2, 0.25) is 0 Å². The number of anilines is 1. The summed E-state index contributed by atoms with van der Waals surface area (Å²) < 4.78 is 14.5. The van der Waals surface area contributed by atoms with E-state index in [4.69, 9.17) is 9.47 Å². The molecule has 0 unspecified atom stereocenters. The van der Waals surface area contributed by atoms with Gasteiger partial charge in [0, 0.05) is 31.8 Å². The predicted octanol–water partition coefficient (Wildman–Crippen LogP) is 2.00. The number of nitrogens with one attached hydrogen (secondary N) is 1. The number of hydrogen-bond donors (Lipinski definition) is 1. The van der Waals surface area contributed by atoms with Gasteiger partial charge in [0.25, 0.3) is 5.79 Å². The molecule has 0 atom stereocenters. The predicted molar refractivity (Wildman–Crippen MR) is 85.5 cm³/mol. The Balaban J connectivity index is 2.20. The molecule has 1 saturated heterocycles. The number of carbonyl (C=O) groups is 3. The van der Waals surface area contributed by atoms with E-state index < -0.39 is 23.7 Å². The summed E-state index contributed by atoms with van der Waals surface area (Å²) in [5.74, 6) is -3.32. The second-order valence-electron chi connectivity index (χ2n) is 5.32. The minimum atomic E-state index is -1.29. The highest BCUT2D eigenvalue weighted by molar-refractivity contribution is 6.15. The molecule has 0 aliphatic carbocycles. The summed E-state index contributed by atoms with van der Waals surface area (Å²) in [6.07, 6.45) is 4.03. The average Bonchev–Trinajstić information content (AvgIpc) is 2.51. The maximum absolute atomic E-state index is 11.9. The molecule has 0 saturated carbocycles. The van der Waals surface area contributed by atoms with Gasteiger partial charge in [-0.15, -0.1) is 0 Å². The van der Waals surface area contributed by atoms with Crippen LogP contribution in [-0.4, -0.2) is 30.8 Å². The van der Waals surface area contributed by atoms with E-state index in [2.05, 4.69) is 10.1 Å². The average molecular weight is 331 g/mol. The van der Waals surface area contributed by atoms with Gasteiger partial charge in [-0.05, 0) is 17.7 Å². The van der Waals surface area contributed by atoms with Crippen molar-refractivity contribution in [3.8, 4) is 0 Å². The first-order valence-electron chi connectivity index (χ1n) is 7.11. The summed E-state index contributed by atoms with van der Waals surface area (Å²) in [6, 6.07) is 7.01. The van der Waals surface area contributed by atoms with Gasteiger partial charge < -0.3 is 19.5 Å². The molecule has 0 bridgehead atoms. The molecule has 1 heterocycles. The van der Waals surface area contributed by atoms with Crippen molar-refractivity contribution in [2.45, 2.75) is 19.6 Å². The van der Waals surface area contributed by atoms with E-state index in [0.29, 0.717) is 11.3 Å². The molecule has 1 aliphatic heterocycles. The van der Waals surface area contributed by atoms with Gasteiger partial charge in [0.1, 0.15) is 0 Å².